The minimum absolute atomic E-state index is 0.229. The van der Waals surface area contributed by atoms with E-state index in [1.807, 2.05) is 20.8 Å². The van der Waals surface area contributed by atoms with Gasteiger partial charge in [0.25, 0.3) is 0 Å². The molecule has 2 rings (SSSR count). The van der Waals surface area contributed by atoms with Crippen LogP contribution in [0.3, 0.4) is 0 Å². The molecule has 0 saturated heterocycles. The van der Waals surface area contributed by atoms with Crippen LogP contribution >= 0.6 is 0 Å². The van der Waals surface area contributed by atoms with Gasteiger partial charge in [0.2, 0.25) is 5.91 Å². The van der Waals surface area contributed by atoms with E-state index >= 15 is 0 Å². The van der Waals surface area contributed by atoms with Crippen LogP contribution in [0.1, 0.15) is 33.6 Å². The van der Waals surface area contributed by atoms with Crippen LogP contribution in [0, 0.1) is 16.2 Å². The number of carbonyl (C=O) groups excluding carboxylic acids is 2. The number of hydrogen-bond acceptors (Lipinski definition) is 4. The first-order valence-electron chi connectivity index (χ1n) is 5.49. The molecule has 2 saturated carbocycles. The summed E-state index contributed by atoms with van der Waals surface area (Å²) in [6.45, 7) is 5.56. The molecule has 2 bridgehead atoms. The number of carbonyl (C=O) groups is 2. The summed E-state index contributed by atoms with van der Waals surface area (Å²) in [5.74, 6) is 4.52. The smallest absolute Gasteiger partial charge is 0.243 e. The van der Waals surface area contributed by atoms with E-state index in [9.17, 15) is 14.7 Å². The topological polar surface area (TPSA) is 92.4 Å². The van der Waals surface area contributed by atoms with Crippen LogP contribution in [0.2, 0.25) is 0 Å². The Balaban J connectivity index is 2.63. The summed E-state index contributed by atoms with van der Waals surface area (Å²) >= 11 is 0. The van der Waals surface area contributed by atoms with Crippen LogP contribution in [0.5, 0.6) is 0 Å². The van der Waals surface area contributed by atoms with E-state index in [1.54, 1.807) is 0 Å². The number of nitrogens with two attached hydrogens (primary N) is 1. The highest BCUT2D eigenvalue weighted by Gasteiger charge is 2.77. The van der Waals surface area contributed by atoms with Gasteiger partial charge >= 0.3 is 0 Å². The van der Waals surface area contributed by atoms with E-state index in [0.29, 0.717) is 12.8 Å². The Morgan fingerprint density at radius 2 is 2.00 bits per heavy atom. The fourth-order valence-corrected chi connectivity index (χ4v) is 3.65. The third kappa shape index (κ3) is 0.822. The van der Waals surface area contributed by atoms with Crippen molar-refractivity contribution in [2.45, 2.75) is 39.7 Å². The lowest BCUT2D eigenvalue weighted by Crippen LogP contribution is -2.54. The Morgan fingerprint density at radius 3 is 2.38 bits per heavy atom. The Labute approximate surface area is 94.4 Å². The lowest BCUT2D eigenvalue weighted by molar-refractivity contribution is -0.148. The molecule has 0 spiro atoms. The van der Waals surface area contributed by atoms with E-state index in [0.717, 1.165) is 0 Å². The zero-order valence-corrected chi connectivity index (χ0v) is 9.83. The number of amides is 1. The van der Waals surface area contributed by atoms with Gasteiger partial charge in [-0.1, -0.05) is 20.8 Å². The second-order valence-corrected chi connectivity index (χ2v) is 5.67. The zero-order valence-electron chi connectivity index (χ0n) is 9.83. The highest BCUT2D eigenvalue weighted by Crippen LogP contribution is 2.70. The second kappa shape index (κ2) is 2.84. The number of hydrazine groups is 1. The van der Waals surface area contributed by atoms with Gasteiger partial charge < -0.3 is 5.11 Å². The molecule has 0 aromatic rings. The number of ketones is 1. The molecule has 4 N–H and O–H groups in total. The predicted octanol–water partition coefficient (Wildman–Crippen LogP) is -0.267. The molecular formula is C11H18N2O3. The zero-order chi connectivity index (χ0) is 12.4. The van der Waals surface area contributed by atoms with Crippen molar-refractivity contribution in [2.24, 2.45) is 22.1 Å². The molecule has 2 aliphatic carbocycles. The van der Waals surface area contributed by atoms with Crippen molar-refractivity contribution in [3.8, 4) is 0 Å². The van der Waals surface area contributed by atoms with Crippen molar-refractivity contribution in [3.05, 3.63) is 0 Å². The van der Waals surface area contributed by atoms with Crippen LogP contribution in [0.25, 0.3) is 0 Å². The highest BCUT2D eigenvalue weighted by atomic mass is 16.3. The number of aliphatic hydroxyl groups excluding tert-OH is 1. The molecule has 0 unspecified atom stereocenters. The lowest BCUT2D eigenvalue weighted by atomic mass is 9.64. The van der Waals surface area contributed by atoms with E-state index in [-0.39, 0.29) is 5.78 Å². The van der Waals surface area contributed by atoms with Crippen molar-refractivity contribution < 1.29 is 14.7 Å². The van der Waals surface area contributed by atoms with Gasteiger partial charge in [0.15, 0.2) is 5.78 Å². The number of rotatable bonds is 1. The Morgan fingerprint density at radius 1 is 1.44 bits per heavy atom. The number of Topliss-reactive ketones (excluding diaryl/α,β-unsaturated/α-hetero) is 1. The van der Waals surface area contributed by atoms with Crippen LogP contribution in [-0.4, -0.2) is 22.9 Å². The van der Waals surface area contributed by atoms with Gasteiger partial charge in [0, 0.05) is 5.41 Å². The average molecular weight is 226 g/mol. The van der Waals surface area contributed by atoms with Gasteiger partial charge in [-0.05, 0) is 18.3 Å². The Hall–Kier alpha value is -0.940. The molecule has 1 amide bonds. The molecule has 16 heavy (non-hydrogen) atoms. The molecule has 2 fully saturated rings. The summed E-state index contributed by atoms with van der Waals surface area (Å²) in [7, 11) is 0. The van der Waals surface area contributed by atoms with E-state index < -0.39 is 28.3 Å². The van der Waals surface area contributed by atoms with E-state index in [4.69, 9.17) is 5.84 Å². The minimum atomic E-state index is -1.23. The fraction of sp³-hybridized carbons (Fsp3) is 0.818. The summed E-state index contributed by atoms with van der Waals surface area (Å²) < 4.78 is 0. The molecular weight excluding hydrogens is 208 g/mol. The lowest BCUT2D eigenvalue weighted by Gasteiger charge is -2.38. The summed E-state index contributed by atoms with van der Waals surface area (Å²) in [4.78, 5) is 24.0. The van der Waals surface area contributed by atoms with Crippen molar-refractivity contribution in [1.82, 2.24) is 5.43 Å². The molecule has 5 heteroatoms. The average Bonchev–Trinajstić information content (AvgIpc) is 2.51. The Kier molecular flexibility index (Phi) is 2.05. The molecule has 5 nitrogen and oxygen atoms in total. The van der Waals surface area contributed by atoms with Gasteiger partial charge in [-0.15, -0.1) is 0 Å². The summed E-state index contributed by atoms with van der Waals surface area (Å²) in [6.07, 6.45) is -0.0970. The quantitative estimate of drug-likeness (QED) is 0.326. The molecule has 90 valence electrons. The molecule has 3 atom stereocenters. The van der Waals surface area contributed by atoms with Crippen molar-refractivity contribution in [1.29, 1.82) is 0 Å². The molecule has 0 radical (unpaired) electrons. The maximum Gasteiger partial charge on any atom is 0.243 e. The minimum Gasteiger partial charge on any atom is -0.384 e. The van der Waals surface area contributed by atoms with Crippen LogP contribution < -0.4 is 11.3 Å². The third-order valence-corrected chi connectivity index (χ3v) is 5.31. The standard InChI is InChI=1S/C11H18N2O3/c1-9(2)10(3)4-5-11(9,8(16)13-12)7(15)6(10)14/h7,15H,4-5,12H2,1-3H3,(H,13,16)/t7-,10-,11-/m1/s1. The van der Waals surface area contributed by atoms with Crippen molar-refractivity contribution in [2.75, 3.05) is 0 Å². The molecule has 0 aromatic carbocycles. The van der Waals surface area contributed by atoms with Gasteiger partial charge in [-0.25, -0.2) is 5.84 Å². The first-order chi connectivity index (χ1) is 7.25. The van der Waals surface area contributed by atoms with E-state index in [1.165, 1.54) is 0 Å². The summed E-state index contributed by atoms with van der Waals surface area (Å²) in [5.41, 5.74) is -0.159. The second-order valence-electron chi connectivity index (χ2n) is 5.67. The molecule has 0 aliphatic heterocycles. The summed E-state index contributed by atoms with van der Waals surface area (Å²) in [5, 5.41) is 10.1. The first-order valence-corrected chi connectivity index (χ1v) is 5.49. The summed E-state index contributed by atoms with van der Waals surface area (Å²) in [6, 6.07) is 0. The maximum absolute atomic E-state index is 12.1. The number of nitrogens with one attached hydrogen (secondary N) is 1. The van der Waals surface area contributed by atoms with Crippen LogP contribution in [-0.2, 0) is 9.59 Å². The Bertz CT molecular complexity index is 379. The largest absolute Gasteiger partial charge is 0.384 e. The van der Waals surface area contributed by atoms with Crippen LogP contribution in [0.4, 0.5) is 0 Å². The van der Waals surface area contributed by atoms with Crippen LogP contribution in [0.15, 0.2) is 0 Å². The molecule has 2 aliphatic rings. The van der Waals surface area contributed by atoms with Crippen molar-refractivity contribution >= 4 is 11.7 Å². The molecule has 0 heterocycles. The van der Waals surface area contributed by atoms with Crippen molar-refractivity contribution in [3.63, 3.8) is 0 Å². The van der Waals surface area contributed by atoms with E-state index in [2.05, 4.69) is 5.43 Å². The third-order valence-electron chi connectivity index (χ3n) is 5.31. The number of fused-ring (bicyclic) bond motifs is 2. The maximum atomic E-state index is 12.1. The predicted molar refractivity (Wildman–Crippen MR) is 56.9 cm³/mol. The number of hydrogen-bond donors (Lipinski definition) is 3. The number of aliphatic hydroxyl groups is 1. The molecule has 0 aromatic heterocycles. The van der Waals surface area contributed by atoms with Gasteiger partial charge in [0.1, 0.15) is 6.10 Å². The highest BCUT2D eigenvalue weighted by molar-refractivity contribution is 6.02. The SMILES string of the molecule is CC1(C)[C@]2(C(=O)NN)CC[C@]1(C)C(=O)[C@H]2O. The monoisotopic (exact) mass is 226 g/mol. The normalized spacial score (nSPS) is 44.8. The first kappa shape index (κ1) is 11.5. The fourth-order valence-electron chi connectivity index (χ4n) is 3.65. The van der Waals surface area contributed by atoms with Gasteiger partial charge in [-0.2, -0.15) is 0 Å². The van der Waals surface area contributed by atoms with Gasteiger partial charge in [0.05, 0.1) is 5.41 Å². The van der Waals surface area contributed by atoms with Gasteiger partial charge in [-0.3, -0.25) is 15.0 Å².